The summed E-state index contributed by atoms with van der Waals surface area (Å²) in [5.74, 6) is 0. The lowest BCUT2D eigenvalue weighted by atomic mass is 9.80. The lowest BCUT2D eigenvalue weighted by Gasteiger charge is -2.04. The van der Waals surface area contributed by atoms with Gasteiger partial charge in [0.15, 0.2) is 0 Å². The third kappa shape index (κ3) is 2.38. The summed E-state index contributed by atoms with van der Waals surface area (Å²) < 4.78 is 5.28. The number of nitrogens with zero attached hydrogens (tertiary/aromatic N) is 1. The highest BCUT2D eigenvalue weighted by Crippen LogP contribution is 2.30. The van der Waals surface area contributed by atoms with Crippen molar-refractivity contribution in [2.24, 2.45) is 0 Å². The van der Waals surface area contributed by atoms with Crippen LogP contribution in [0.3, 0.4) is 0 Å². The van der Waals surface area contributed by atoms with Crippen molar-refractivity contribution in [3.63, 3.8) is 0 Å². The molecule has 0 aliphatic carbocycles. The molecular weight excluding hydrogens is 257 g/mol. The summed E-state index contributed by atoms with van der Waals surface area (Å²) in [4.78, 5) is 1.97. The normalized spacial score (nSPS) is 13.2. The van der Waals surface area contributed by atoms with Gasteiger partial charge in [0, 0.05) is 9.79 Å². The Hall–Kier alpha value is -1.74. The fourth-order valence-electron chi connectivity index (χ4n) is 2.05. The number of hydrogen-bond donors (Lipinski definition) is 0. The zero-order chi connectivity index (χ0) is 13.2. The van der Waals surface area contributed by atoms with Crippen LogP contribution in [0, 0.1) is 11.3 Å². The summed E-state index contributed by atoms with van der Waals surface area (Å²) >= 11 is 1.55. The van der Waals surface area contributed by atoms with Crippen LogP contribution >= 0.6 is 11.8 Å². The van der Waals surface area contributed by atoms with Crippen LogP contribution in [0.1, 0.15) is 11.1 Å². The van der Waals surface area contributed by atoms with Gasteiger partial charge in [-0.2, -0.15) is 5.26 Å². The van der Waals surface area contributed by atoms with E-state index in [1.807, 2.05) is 42.5 Å². The minimum Gasteiger partial charge on any atom is -0.522 e. The molecule has 3 rings (SSSR count). The molecular formula is C14H11BNO2S+. The van der Waals surface area contributed by atoms with E-state index in [0.717, 1.165) is 20.8 Å². The zero-order valence-electron chi connectivity index (χ0n) is 10.1. The van der Waals surface area contributed by atoms with Crippen molar-refractivity contribution in [3.05, 3.63) is 53.6 Å². The number of nitriles is 1. The largest absolute Gasteiger partial charge is 0.731 e. The molecule has 1 aliphatic rings. The zero-order valence-corrected chi connectivity index (χ0v) is 10.9. The van der Waals surface area contributed by atoms with E-state index in [0.29, 0.717) is 12.2 Å². The molecule has 0 saturated heterocycles. The van der Waals surface area contributed by atoms with Gasteiger partial charge in [0.05, 0.1) is 17.6 Å². The van der Waals surface area contributed by atoms with E-state index in [1.54, 1.807) is 11.8 Å². The summed E-state index contributed by atoms with van der Waals surface area (Å²) in [6.07, 6.45) is 0. The average Bonchev–Trinajstić information content (AvgIpc) is 2.81. The Bertz CT molecular complexity index is 669. The van der Waals surface area contributed by atoms with Crippen LogP contribution in [0.4, 0.5) is 0 Å². The molecule has 0 aromatic heterocycles. The first kappa shape index (κ1) is 12.3. The van der Waals surface area contributed by atoms with Gasteiger partial charge < -0.3 is 9.68 Å². The monoisotopic (exact) mass is 268 g/mol. The van der Waals surface area contributed by atoms with Crippen molar-refractivity contribution >= 4 is 24.3 Å². The minimum atomic E-state index is -0.582. The van der Waals surface area contributed by atoms with Gasteiger partial charge in [-0.3, -0.25) is 0 Å². The molecule has 2 aromatic rings. The maximum Gasteiger partial charge on any atom is 0.731 e. The molecule has 92 valence electrons. The quantitative estimate of drug-likeness (QED) is 0.614. The Morgan fingerprint density at radius 1 is 1.26 bits per heavy atom. The van der Waals surface area contributed by atoms with Crippen LogP contribution in [0.2, 0.25) is 0 Å². The summed E-state index contributed by atoms with van der Waals surface area (Å²) in [5.41, 5.74) is 2.68. The molecule has 0 bridgehead atoms. The van der Waals surface area contributed by atoms with Crippen LogP contribution in [-0.2, 0) is 11.3 Å². The SMILES string of the molecule is N#Cc1ccccc1Sc1ccc2c(c1)B([OH2+])OC2. The van der Waals surface area contributed by atoms with Crippen molar-refractivity contribution in [2.75, 3.05) is 0 Å². The van der Waals surface area contributed by atoms with E-state index in [9.17, 15) is 0 Å². The van der Waals surface area contributed by atoms with Gasteiger partial charge in [-0.1, -0.05) is 30.0 Å². The highest BCUT2D eigenvalue weighted by atomic mass is 32.2. The Morgan fingerprint density at radius 2 is 2.11 bits per heavy atom. The van der Waals surface area contributed by atoms with Crippen LogP contribution in [-0.4, -0.2) is 12.1 Å². The summed E-state index contributed by atoms with van der Waals surface area (Å²) in [7, 11) is -0.582. The van der Waals surface area contributed by atoms with E-state index in [2.05, 4.69) is 6.07 Å². The molecule has 0 spiro atoms. The highest BCUT2D eigenvalue weighted by molar-refractivity contribution is 7.99. The highest BCUT2D eigenvalue weighted by Gasteiger charge is 2.36. The lowest BCUT2D eigenvalue weighted by molar-refractivity contribution is 0.275. The molecule has 19 heavy (non-hydrogen) atoms. The van der Waals surface area contributed by atoms with E-state index >= 15 is 0 Å². The van der Waals surface area contributed by atoms with Crippen molar-refractivity contribution in [1.29, 1.82) is 5.26 Å². The minimum absolute atomic E-state index is 0.517. The van der Waals surface area contributed by atoms with E-state index in [4.69, 9.17) is 14.9 Å². The van der Waals surface area contributed by atoms with E-state index in [1.165, 1.54) is 0 Å². The molecule has 0 atom stereocenters. The summed E-state index contributed by atoms with van der Waals surface area (Å²) in [6.45, 7) is 0.517. The topological polar surface area (TPSA) is 55.9 Å². The molecule has 2 N–H and O–H groups in total. The third-order valence-electron chi connectivity index (χ3n) is 3.04. The van der Waals surface area contributed by atoms with Gasteiger partial charge >= 0.3 is 7.12 Å². The van der Waals surface area contributed by atoms with Gasteiger partial charge in [0.1, 0.15) is 6.07 Å². The van der Waals surface area contributed by atoms with E-state index in [-0.39, 0.29) is 0 Å². The maximum atomic E-state index is 9.08. The molecule has 1 aliphatic heterocycles. The molecule has 2 aromatic carbocycles. The molecule has 1 heterocycles. The summed E-state index contributed by atoms with van der Waals surface area (Å²) in [5, 5.41) is 16.9. The number of benzene rings is 2. The van der Waals surface area contributed by atoms with Gasteiger partial charge in [0.25, 0.3) is 0 Å². The van der Waals surface area contributed by atoms with Gasteiger partial charge in [0.2, 0.25) is 0 Å². The molecule has 5 heteroatoms. The molecule has 0 amide bonds. The first-order chi connectivity index (χ1) is 9.28. The number of hydrogen-bond acceptors (Lipinski definition) is 3. The first-order valence-electron chi connectivity index (χ1n) is 5.90. The fourth-order valence-corrected chi connectivity index (χ4v) is 3.00. The Labute approximate surface area is 116 Å². The molecule has 0 fully saturated rings. The van der Waals surface area contributed by atoms with Crippen LogP contribution in [0.5, 0.6) is 0 Å². The molecule has 0 saturated carbocycles. The smallest absolute Gasteiger partial charge is 0.522 e. The van der Waals surface area contributed by atoms with Crippen LogP contribution in [0.25, 0.3) is 0 Å². The second kappa shape index (κ2) is 5.10. The first-order valence-corrected chi connectivity index (χ1v) is 6.72. The standard InChI is InChI=1S/C14H10BNO2S/c16-8-10-3-1-2-4-14(10)19-12-6-5-11-9-18-15(17)13(11)7-12/h1-7,17H,9H2/p+1. The summed E-state index contributed by atoms with van der Waals surface area (Å²) in [6, 6.07) is 15.7. The van der Waals surface area contributed by atoms with Gasteiger partial charge in [-0.15, -0.1) is 0 Å². The van der Waals surface area contributed by atoms with Gasteiger partial charge in [-0.25, -0.2) is 0 Å². The lowest BCUT2D eigenvalue weighted by Crippen LogP contribution is -2.27. The molecule has 0 radical (unpaired) electrons. The predicted molar refractivity (Wildman–Crippen MR) is 75.5 cm³/mol. The van der Waals surface area contributed by atoms with Gasteiger partial charge in [-0.05, 0) is 29.8 Å². The van der Waals surface area contributed by atoms with Crippen LogP contribution < -0.4 is 5.46 Å². The number of rotatable bonds is 2. The van der Waals surface area contributed by atoms with Crippen molar-refractivity contribution in [3.8, 4) is 6.07 Å². The molecule has 3 nitrogen and oxygen atoms in total. The molecule has 0 unspecified atom stereocenters. The predicted octanol–water partition coefficient (Wildman–Crippen LogP) is 1.66. The van der Waals surface area contributed by atoms with Crippen molar-refractivity contribution in [1.82, 2.24) is 0 Å². The average molecular weight is 268 g/mol. The second-order valence-electron chi connectivity index (χ2n) is 4.26. The Kier molecular flexibility index (Phi) is 3.30. The van der Waals surface area contributed by atoms with Crippen LogP contribution in [0.15, 0.2) is 52.3 Å². The Morgan fingerprint density at radius 3 is 2.95 bits per heavy atom. The Balaban J connectivity index is 1.92. The number of fused-ring (bicyclic) bond motifs is 1. The third-order valence-corrected chi connectivity index (χ3v) is 4.11. The second-order valence-corrected chi connectivity index (χ2v) is 5.38. The van der Waals surface area contributed by atoms with E-state index < -0.39 is 7.12 Å². The van der Waals surface area contributed by atoms with Crippen molar-refractivity contribution in [2.45, 2.75) is 16.4 Å². The fraction of sp³-hybridized carbons (Fsp3) is 0.0714. The maximum absolute atomic E-state index is 9.08. The van der Waals surface area contributed by atoms with Crippen molar-refractivity contribution < 1.29 is 9.68 Å².